The molecule has 4 aromatic rings. The number of likely N-dealkylation sites (N-methyl/N-ethyl adjacent to an activating group) is 1. The molecule has 38 heavy (non-hydrogen) atoms. The summed E-state index contributed by atoms with van der Waals surface area (Å²) < 4.78 is 0. The highest BCUT2D eigenvalue weighted by Gasteiger charge is 2.31. The molecule has 5 rings (SSSR count). The van der Waals surface area contributed by atoms with Crippen LogP contribution in [0.1, 0.15) is 20.6 Å². The third kappa shape index (κ3) is 6.09. The van der Waals surface area contributed by atoms with Crippen LogP contribution in [0.25, 0.3) is 11.1 Å². The van der Waals surface area contributed by atoms with Crippen LogP contribution in [0.15, 0.2) is 71.4 Å². The van der Waals surface area contributed by atoms with E-state index in [-0.39, 0.29) is 11.8 Å². The van der Waals surface area contributed by atoms with Crippen LogP contribution in [-0.2, 0) is 4.79 Å². The second-order valence-electron chi connectivity index (χ2n) is 9.21. The second-order valence-corrected chi connectivity index (χ2v) is 11.5. The van der Waals surface area contributed by atoms with Gasteiger partial charge in [0.25, 0.3) is 5.91 Å². The molecule has 2 aromatic heterocycles. The van der Waals surface area contributed by atoms with Crippen LogP contribution >= 0.6 is 34.3 Å². The van der Waals surface area contributed by atoms with E-state index in [0.717, 1.165) is 42.2 Å². The van der Waals surface area contributed by atoms with E-state index in [1.165, 1.54) is 11.3 Å². The maximum absolute atomic E-state index is 13.5. The number of amides is 2. The average Bonchev–Trinajstić information content (AvgIpc) is 3.61. The van der Waals surface area contributed by atoms with Crippen molar-refractivity contribution in [1.82, 2.24) is 9.80 Å². The Morgan fingerprint density at radius 2 is 1.71 bits per heavy atom. The van der Waals surface area contributed by atoms with Gasteiger partial charge in [-0.15, -0.1) is 11.3 Å². The third-order valence-electron chi connectivity index (χ3n) is 6.54. The molecule has 1 saturated heterocycles. The van der Waals surface area contributed by atoms with E-state index < -0.39 is 6.04 Å². The molecule has 1 aliphatic heterocycles. The summed E-state index contributed by atoms with van der Waals surface area (Å²) in [4.78, 5) is 32.5. The van der Waals surface area contributed by atoms with Crippen LogP contribution in [0.2, 0.25) is 5.02 Å². The van der Waals surface area contributed by atoms with Gasteiger partial charge in [0.05, 0.1) is 16.3 Å². The first kappa shape index (κ1) is 26.4. The molecule has 7 nitrogen and oxygen atoms in total. The number of rotatable bonds is 7. The number of nitrogens with two attached hydrogens (primary N) is 1. The van der Waals surface area contributed by atoms with Crippen molar-refractivity contribution >= 4 is 63.2 Å². The number of halogens is 1. The van der Waals surface area contributed by atoms with Crippen molar-refractivity contribution in [2.45, 2.75) is 6.04 Å². The van der Waals surface area contributed by atoms with Crippen LogP contribution in [0.5, 0.6) is 0 Å². The number of nitrogens with zero attached hydrogens (tertiary/aromatic N) is 2. The zero-order chi connectivity index (χ0) is 26.6. The summed E-state index contributed by atoms with van der Waals surface area (Å²) in [5.74, 6) is -0.399. The lowest BCUT2D eigenvalue weighted by molar-refractivity contribution is -0.122. The lowest BCUT2D eigenvalue weighted by Gasteiger charge is -2.36. The Kier molecular flexibility index (Phi) is 8.11. The summed E-state index contributed by atoms with van der Waals surface area (Å²) >= 11 is 8.94. The van der Waals surface area contributed by atoms with Gasteiger partial charge >= 0.3 is 0 Å². The molecule has 4 N–H and O–H groups in total. The summed E-state index contributed by atoms with van der Waals surface area (Å²) in [5.41, 5.74) is 9.96. The van der Waals surface area contributed by atoms with Gasteiger partial charge < -0.3 is 21.3 Å². The van der Waals surface area contributed by atoms with Gasteiger partial charge in [-0.25, -0.2) is 0 Å². The van der Waals surface area contributed by atoms with E-state index in [2.05, 4.69) is 32.9 Å². The van der Waals surface area contributed by atoms with Crippen molar-refractivity contribution in [3.05, 3.63) is 86.2 Å². The highest BCUT2D eigenvalue weighted by Crippen LogP contribution is 2.32. The van der Waals surface area contributed by atoms with E-state index in [1.54, 1.807) is 47.7 Å². The van der Waals surface area contributed by atoms with Crippen molar-refractivity contribution in [2.24, 2.45) is 0 Å². The highest BCUT2D eigenvalue weighted by atomic mass is 35.5. The van der Waals surface area contributed by atoms with Gasteiger partial charge in [0, 0.05) is 41.8 Å². The Balaban J connectivity index is 1.36. The molecular weight excluding hydrogens is 538 g/mol. The molecule has 0 saturated carbocycles. The van der Waals surface area contributed by atoms with E-state index in [0.29, 0.717) is 27.0 Å². The Morgan fingerprint density at radius 1 is 0.947 bits per heavy atom. The van der Waals surface area contributed by atoms with Crippen molar-refractivity contribution in [1.29, 1.82) is 0 Å². The van der Waals surface area contributed by atoms with E-state index in [4.69, 9.17) is 17.3 Å². The molecule has 1 aliphatic rings. The lowest BCUT2D eigenvalue weighted by atomic mass is 10.1. The average molecular weight is 566 g/mol. The van der Waals surface area contributed by atoms with E-state index in [1.807, 2.05) is 29.6 Å². The largest absolute Gasteiger partial charge is 0.397 e. The fraction of sp³-hybridized carbons (Fsp3) is 0.214. The Labute approximate surface area is 234 Å². The summed E-state index contributed by atoms with van der Waals surface area (Å²) in [6.07, 6.45) is 0. The molecule has 0 radical (unpaired) electrons. The van der Waals surface area contributed by atoms with Crippen LogP contribution in [0, 0.1) is 0 Å². The molecule has 1 unspecified atom stereocenters. The maximum Gasteiger partial charge on any atom is 0.265 e. The summed E-state index contributed by atoms with van der Waals surface area (Å²) in [6.45, 7) is 3.23. The predicted molar refractivity (Wildman–Crippen MR) is 158 cm³/mol. The van der Waals surface area contributed by atoms with Gasteiger partial charge in [-0.2, -0.15) is 11.3 Å². The lowest BCUT2D eigenvalue weighted by Crippen LogP contribution is -2.48. The number of thiophene rings is 2. The summed E-state index contributed by atoms with van der Waals surface area (Å²) in [5, 5.41) is 10.6. The number of carbonyl (C=O) groups excluding carboxylic acids is 2. The molecular formula is C28H28ClN5O2S2. The molecule has 2 aromatic carbocycles. The fourth-order valence-corrected chi connectivity index (χ4v) is 6.21. The first-order valence-corrected chi connectivity index (χ1v) is 14.3. The zero-order valence-corrected chi connectivity index (χ0v) is 23.2. The molecule has 3 heterocycles. The Bertz CT molecular complexity index is 1410. The quantitative estimate of drug-likeness (QED) is 0.243. The van der Waals surface area contributed by atoms with Gasteiger partial charge in [0.1, 0.15) is 6.04 Å². The van der Waals surface area contributed by atoms with E-state index >= 15 is 0 Å². The standard InChI is InChI=1S/C28H28ClN5O2S2/c1-33-11-13-34(14-12-33)26(28(36)31-21-5-3-20(29)4-6-21)24-8-9-25(38-24)27(35)32-23-16-18(2-7-22(23)30)19-10-15-37-17-19/h2-10,15-17,26H,11-14,30H2,1H3,(H,31,36)(H,32,35). The van der Waals surface area contributed by atoms with Crippen molar-refractivity contribution in [2.75, 3.05) is 49.6 Å². The monoisotopic (exact) mass is 565 g/mol. The van der Waals surface area contributed by atoms with Crippen molar-refractivity contribution in [3.8, 4) is 11.1 Å². The topological polar surface area (TPSA) is 90.7 Å². The fourth-order valence-electron chi connectivity index (χ4n) is 4.38. The van der Waals surface area contributed by atoms with Crippen molar-refractivity contribution in [3.63, 3.8) is 0 Å². The van der Waals surface area contributed by atoms with Crippen LogP contribution < -0.4 is 16.4 Å². The third-order valence-corrected chi connectivity index (χ3v) is 8.61. The Morgan fingerprint density at radius 3 is 2.42 bits per heavy atom. The van der Waals surface area contributed by atoms with Crippen LogP contribution in [-0.4, -0.2) is 54.8 Å². The molecule has 0 spiro atoms. The number of piperazine rings is 1. The number of nitrogens with one attached hydrogen (secondary N) is 2. The maximum atomic E-state index is 13.5. The van der Waals surface area contributed by atoms with Gasteiger partial charge in [-0.05, 0) is 83.5 Å². The number of hydrogen-bond acceptors (Lipinski definition) is 7. The minimum atomic E-state index is -0.516. The first-order chi connectivity index (χ1) is 18.4. The normalized spacial score (nSPS) is 15.2. The van der Waals surface area contributed by atoms with Crippen molar-refractivity contribution < 1.29 is 9.59 Å². The molecule has 0 aliphatic carbocycles. The molecule has 0 bridgehead atoms. The first-order valence-electron chi connectivity index (χ1n) is 12.2. The number of anilines is 3. The SMILES string of the molecule is CN1CCN(C(C(=O)Nc2ccc(Cl)cc2)c2ccc(C(=O)Nc3cc(-c4ccsc4)ccc3N)s2)CC1. The zero-order valence-electron chi connectivity index (χ0n) is 20.8. The van der Waals surface area contributed by atoms with Gasteiger partial charge in [0.15, 0.2) is 0 Å². The summed E-state index contributed by atoms with van der Waals surface area (Å²) in [7, 11) is 2.08. The molecule has 1 fully saturated rings. The molecule has 1 atom stereocenters. The number of nitrogen functional groups attached to an aromatic ring is 1. The smallest absolute Gasteiger partial charge is 0.265 e. The molecule has 10 heteroatoms. The number of benzene rings is 2. The second kappa shape index (κ2) is 11.7. The minimum Gasteiger partial charge on any atom is -0.397 e. The molecule has 196 valence electrons. The van der Waals surface area contributed by atoms with Gasteiger partial charge in [-0.3, -0.25) is 14.5 Å². The molecule has 2 amide bonds. The predicted octanol–water partition coefficient (Wildman–Crippen LogP) is 5.89. The number of carbonyl (C=O) groups is 2. The van der Waals surface area contributed by atoms with Gasteiger partial charge in [0.2, 0.25) is 5.91 Å². The van der Waals surface area contributed by atoms with Crippen LogP contribution in [0.4, 0.5) is 17.1 Å². The Hall–Kier alpha value is -3.21. The minimum absolute atomic E-state index is 0.140. The van der Waals surface area contributed by atoms with E-state index in [9.17, 15) is 9.59 Å². The highest BCUT2D eigenvalue weighted by molar-refractivity contribution is 7.14. The van der Waals surface area contributed by atoms with Crippen LogP contribution in [0.3, 0.4) is 0 Å². The summed E-state index contributed by atoms with van der Waals surface area (Å²) in [6, 6.07) is 17.8. The number of hydrogen-bond donors (Lipinski definition) is 3. The van der Waals surface area contributed by atoms with Gasteiger partial charge in [-0.1, -0.05) is 17.7 Å².